The number of hydrogen-bond acceptors (Lipinski definition) is 5. The summed E-state index contributed by atoms with van der Waals surface area (Å²) in [5.41, 5.74) is -1.96. The Balaban J connectivity index is 2.41. The van der Waals surface area contributed by atoms with Gasteiger partial charge < -0.3 is 9.74 Å². The van der Waals surface area contributed by atoms with Crippen LogP contribution in [0.15, 0.2) is 16.8 Å². The number of halogens is 4. The summed E-state index contributed by atoms with van der Waals surface area (Å²) in [6.07, 6.45) is -3.67. The van der Waals surface area contributed by atoms with Crippen molar-refractivity contribution in [3.8, 4) is 0 Å². The van der Waals surface area contributed by atoms with E-state index in [-0.39, 0.29) is 0 Å². The van der Waals surface area contributed by atoms with Crippen molar-refractivity contribution < 1.29 is 22.8 Å². The Kier molecular flexibility index (Phi) is 3.79. The van der Waals surface area contributed by atoms with Crippen LogP contribution in [0.1, 0.15) is 4.88 Å². The number of alkyl halides is 3. The highest BCUT2D eigenvalue weighted by molar-refractivity contribution is 7.17. The van der Waals surface area contributed by atoms with Crippen molar-refractivity contribution in [2.75, 3.05) is 19.0 Å². The fourth-order valence-corrected chi connectivity index (χ4v) is 2.89. The third-order valence-corrected chi connectivity index (χ3v) is 3.99. The predicted octanol–water partition coefficient (Wildman–Crippen LogP) is 3.33. The maximum absolute atomic E-state index is 12.7. The number of thiophene rings is 1. The van der Waals surface area contributed by atoms with E-state index in [2.05, 4.69) is 9.99 Å². The van der Waals surface area contributed by atoms with E-state index in [0.717, 1.165) is 17.4 Å². The highest BCUT2D eigenvalue weighted by Crippen LogP contribution is 2.36. The van der Waals surface area contributed by atoms with Gasteiger partial charge in [-0.1, -0.05) is 16.8 Å². The fourth-order valence-electron chi connectivity index (χ4n) is 1.51. The Labute approximate surface area is 121 Å². The molecular weight excluding hydrogens is 317 g/mol. The zero-order chi connectivity index (χ0) is 15.1. The summed E-state index contributed by atoms with van der Waals surface area (Å²) < 4.78 is 38.0. The van der Waals surface area contributed by atoms with Crippen molar-refractivity contribution in [2.24, 2.45) is 5.16 Å². The van der Waals surface area contributed by atoms with Gasteiger partial charge in [0.05, 0.1) is 10.6 Å². The molecule has 9 heteroatoms. The molecule has 108 valence electrons. The molecule has 0 fully saturated rings. The second kappa shape index (κ2) is 5.10. The Morgan fingerprint density at radius 1 is 1.45 bits per heavy atom. The summed E-state index contributed by atoms with van der Waals surface area (Å²) in [5, 5.41) is 3.83. The molecule has 0 N–H and O–H groups in total. The van der Waals surface area contributed by atoms with Gasteiger partial charge in [0.1, 0.15) is 5.00 Å². The highest BCUT2D eigenvalue weighted by atomic mass is 35.5. The molecule has 0 saturated heterocycles. The number of oxime groups is 1. The summed E-state index contributed by atoms with van der Waals surface area (Å²) in [6.45, 7) is 0. The molecule has 0 amide bonds. The van der Waals surface area contributed by atoms with Crippen molar-refractivity contribution in [1.29, 1.82) is 0 Å². The first-order valence-corrected chi connectivity index (χ1v) is 6.45. The van der Waals surface area contributed by atoms with Gasteiger partial charge >= 0.3 is 12.1 Å². The monoisotopic (exact) mass is 324 g/mol. The molecule has 2 rings (SSSR count). The van der Waals surface area contributed by atoms with Gasteiger partial charge in [0, 0.05) is 19.0 Å². The summed E-state index contributed by atoms with van der Waals surface area (Å²) >= 11 is 7.12. The van der Waals surface area contributed by atoms with Crippen LogP contribution in [-0.4, -0.2) is 32.0 Å². The van der Waals surface area contributed by atoms with Crippen molar-refractivity contribution in [3.05, 3.63) is 21.5 Å². The minimum absolute atomic E-state index is 0.392. The molecule has 0 unspecified atom stereocenters. The molecule has 1 aliphatic heterocycles. The number of hydrogen-bond donors (Lipinski definition) is 0. The fraction of sp³-hybridized carbons (Fsp3) is 0.273. The molecule has 0 bridgehead atoms. The van der Waals surface area contributed by atoms with Gasteiger partial charge in [0.15, 0.2) is 5.71 Å². The number of rotatable bonds is 2. The molecule has 2 heterocycles. The molecule has 0 radical (unpaired) electrons. The van der Waals surface area contributed by atoms with Gasteiger partial charge in [0.2, 0.25) is 0 Å². The number of nitrogens with zero attached hydrogens (tertiary/aromatic N) is 2. The topological polar surface area (TPSA) is 41.9 Å². The minimum Gasteiger partial charge on any atom is -0.368 e. The molecule has 0 aliphatic carbocycles. The van der Waals surface area contributed by atoms with Gasteiger partial charge in [-0.15, -0.1) is 11.3 Å². The van der Waals surface area contributed by atoms with Crippen LogP contribution in [0.25, 0.3) is 6.08 Å². The summed E-state index contributed by atoms with van der Waals surface area (Å²) in [4.78, 5) is 17.5. The molecule has 0 spiro atoms. The maximum Gasteiger partial charge on any atom is 0.437 e. The van der Waals surface area contributed by atoms with Gasteiger partial charge in [-0.2, -0.15) is 13.2 Å². The second-order valence-corrected chi connectivity index (χ2v) is 5.54. The summed E-state index contributed by atoms with van der Waals surface area (Å²) in [7, 11) is 3.50. The van der Waals surface area contributed by atoms with E-state index >= 15 is 0 Å². The van der Waals surface area contributed by atoms with Crippen LogP contribution in [0.2, 0.25) is 5.02 Å². The molecule has 0 aromatic carbocycles. The molecule has 20 heavy (non-hydrogen) atoms. The van der Waals surface area contributed by atoms with Crippen LogP contribution < -0.4 is 4.90 Å². The normalized spacial score (nSPS) is 17.4. The lowest BCUT2D eigenvalue weighted by atomic mass is 10.1. The molecule has 0 atom stereocenters. The quantitative estimate of drug-likeness (QED) is 0.619. The lowest BCUT2D eigenvalue weighted by Gasteiger charge is -2.08. The number of anilines is 1. The lowest BCUT2D eigenvalue weighted by molar-refractivity contribution is -0.136. The van der Waals surface area contributed by atoms with Gasteiger partial charge in [0.25, 0.3) is 0 Å². The van der Waals surface area contributed by atoms with Crippen LogP contribution in [0.4, 0.5) is 18.2 Å². The first-order chi connectivity index (χ1) is 9.20. The van der Waals surface area contributed by atoms with E-state index in [9.17, 15) is 18.0 Å². The average molecular weight is 325 g/mol. The van der Waals surface area contributed by atoms with Crippen molar-refractivity contribution in [1.82, 2.24) is 0 Å². The standard InChI is InChI=1S/C11H8ClF3N2O2S/c1-17(2)9-7(12)4-5(20-9)3-6-8(11(13,14)15)16-19-10(6)18/h3-4H,1-2H3. The van der Waals surface area contributed by atoms with Crippen LogP contribution >= 0.6 is 22.9 Å². The zero-order valence-electron chi connectivity index (χ0n) is 10.3. The van der Waals surface area contributed by atoms with E-state index in [1.807, 2.05) is 0 Å². The molecule has 1 aromatic rings. The third kappa shape index (κ3) is 2.80. The van der Waals surface area contributed by atoms with E-state index in [0.29, 0.717) is 14.9 Å². The van der Waals surface area contributed by atoms with Crippen molar-refractivity contribution in [2.45, 2.75) is 6.18 Å². The number of carbonyl (C=O) groups excluding carboxylic acids is 1. The largest absolute Gasteiger partial charge is 0.437 e. The summed E-state index contributed by atoms with van der Waals surface area (Å²) in [5.74, 6) is -1.13. The van der Waals surface area contributed by atoms with Gasteiger partial charge in [-0.3, -0.25) is 0 Å². The Morgan fingerprint density at radius 3 is 2.60 bits per heavy atom. The van der Waals surface area contributed by atoms with Crippen molar-refractivity contribution in [3.63, 3.8) is 0 Å². The van der Waals surface area contributed by atoms with E-state index in [1.54, 1.807) is 19.0 Å². The molecule has 1 aromatic heterocycles. The molecule has 4 nitrogen and oxygen atoms in total. The first-order valence-electron chi connectivity index (χ1n) is 5.25. The average Bonchev–Trinajstić information content (AvgIpc) is 2.83. The highest BCUT2D eigenvalue weighted by Gasteiger charge is 2.45. The van der Waals surface area contributed by atoms with E-state index in [1.165, 1.54) is 6.07 Å². The Bertz CT molecular complexity index is 620. The van der Waals surface area contributed by atoms with Gasteiger partial charge in [-0.05, 0) is 12.1 Å². The first kappa shape index (κ1) is 14.9. The molecule has 1 aliphatic rings. The van der Waals surface area contributed by atoms with Crippen molar-refractivity contribution >= 4 is 45.7 Å². The van der Waals surface area contributed by atoms with E-state index in [4.69, 9.17) is 11.6 Å². The van der Waals surface area contributed by atoms with E-state index < -0.39 is 23.4 Å². The van der Waals surface area contributed by atoms with Crippen LogP contribution in [0, 0.1) is 0 Å². The second-order valence-electron chi connectivity index (χ2n) is 4.07. The Hall–Kier alpha value is -1.54. The maximum atomic E-state index is 12.7. The third-order valence-electron chi connectivity index (χ3n) is 2.34. The SMILES string of the molecule is CN(C)c1sc(C=C2C(=O)ON=C2C(F)(F)F)cc1Cl. The molecule has 0 saturated carbocycles. The zero-order valence-corrected chi connectivity index (χ0v) is 11.9. The molecular formula is C11H8ClF3N2O2S. The Morgan fingerprint density at radius 2 is 2.10 bits per heavy atom. The minimum atomic E-state index is -4.75. The predicted molar refractivity (Wildman–Crippen MR) is 71.2 cm³/mol. The van der Waals surface area contributed by atoms with Crippen LogP contribution in [0.5, 0.6) is 0 Å². The smallest absolute Gasteiger partial charge is 0.368 e. The van der Waals surface area contributed by atoms with Gasteiger partial charge in [-0.25, -0.2) is 4.79 Å². The lowest BCUT2D eigenvalue weighted by Crippen LogP contribution is -2.24. The summed E-state index contributed by atoms with van der Waals surface area (Å²) in [6, 6.07) is 1.48. The number of carbonyl (C=O) groups is 1. The van der Waals surface area contributed by atoms with Crippen LogP contribution in [-0.2, 0) is 9.63 Å². The van der Waals surface area contributed by atoms with Crippen LogP contribution in [0.3, 0.4) is 0 Å².